The molecule has 3 aromatic rings. The molecule has 27 heavy (non-hydrogen) atoms. The monoisotopic (exact) mass is 357 g/mol. The highest BCUT2D eigenvalue weighted by Gasteiger charge is 2.31. The lowest BCUT2D eigenvalue weighted by molar-refractivity contribution is -0.117. The fourth-order valence-electron chi connectivity index (χ4n) is 3.01. The molecule has 4 rings (SSSR count). The fraction of sp³-hybridized carbons (Fsp3) is 0.0476. The second-order valence-corrected chi connectivity index (χ2v) is 6.08. The van der Waals surface area contributed by atoms with Crippen LogP contribution < -0.4 is 10.2 Å². The number of nitrogens with one attached hydrogen (secondary N) is 1. The Morgan fingerprint density at radius 1 is 0.926 bits per heavy atom. The first-order valence-corrected chi connectivity index (χ1v) is 8.41. The third-order valence-electron chi connectivity index (χ3n) is 4.32. The highest BCUT2D eigenvalue weighted by molar-refractivity contribution is 6.24. The van der Waals surface area contributed by atoms with Crippen molar-refractivity contribution in [3.05, 3.63) is 89.7 Å². The molecule has 1 aromatic heterocycles. The van der Waals surface area contributed by atoms with E-state index in [1.54, 1.807) is 66.9 Å². The lowest BCUT2D eigenvalue weighted by Gasteiger charge is -2.26. The van der Waals surface area contributed by atoms with Gasteiger partial charge in [0.25, 0.3) is 11.8 Å². The standard InChI is InChI=1S/C21H15N3O3/c25-19-13-14-5-1-2-6-17(14)21(27)24(19)16-10-8-15(9-11-16)23-20(26)18-7-3-4-12-22-18/h1-12H,13H2,(H,23,26). The van der Waals surface area contributed by atoms with E-state index in [1.165, 1.54) is 4.90 Å². The van der Waals surface area contributed by atoms with Gasteiger partial charge in [0.1, 0.15) is 5.69 Å². The third kappa shape index (κ3) is 3.20. The molecule has 0 radical (unpaired) electrons. The molecule has 0 fully saturated rings. The summed E-state index contributed by atoms with van der Waals surface area (Å²) >= 11 is 0. The van der Waals surface area contributed by atoms with Gasteiger partial charge in [-0.05, 0) is 48.0 Å². The summed E-state index contributed by atoms with van der Waals surface area (Å²) in [6, 6.07) is 18.8. The van der Waals surface area contributed by atoms with Crippen LogP contribution in [0.25, 0.3) is 0 Å². The highest BCUT2D eigenvalue weighted by atomic mass is 16.2. The molecule has 3 amide bonds. The zero-order valence-electron chi connectivity index (χ0n) is 14.3. The number of fused-ring (bicyclic) bond motifs is 1. The molecule has 1 aliphatic heterocycles. The summed E-state index contributed by atoms with van der Waals surface area (Å²) in [5.41, 5.74) is 2.59. The summed E-state index contributed by atoms with van der Waals surface area (Å²) in [6.07, 6.45) is 1.73. The molecular formula is C21H15N3O3. The Morgan fingerprint density at radius 3 is 2.41 bits per heavy atom. The Labute approximate surface area is 155 Å². The molecule has 0 spiro atoms. The molecule has 0 saturated heterocycles. The van der Waals surface area contributed by atoms with Gasteiger partial charge in [0, 0.05) is 17.4 Å². The maximum absolute atomic E-state index is 12.7. The van der Waals surface area contributed by atoms with Crippen LogP contribution >= 0.6 is 0 Å². The molecule has 1 N–H and O–H groups in total. The number of pyridine rings is 1. The van der Waals surface area contributed by atoms with E-state index in [-0.39, 0.29) is 24.1 Å². The first-order valence-electron chi connectivity index (χ1n) is 8.41. The summed E-state index contributed by atoms with van der Waals surface area (Å²) in [4.78, 5) is 42.5. The SMILES string of the molecule is O=C(Nc1ccc(N2C(=O)Cc3ccccc3C2=O)cc1)c1ccccn1. The number of hydrogen-bond donors (Lipinski definition) is 1. The normalized spacial score (nSPS) is 13.3. The maximum atomic E-state index is 12.7. The molecule has 2 heterocycles. The topological polar surface area (TPSA) is 79.4 Å². The average Bonchev–Trinajstić information content (AvgIpc) is 2.70. The second kappa shape index (κ2) is 6.84. The van der Waals surface area contributed by atoms with Gasteiger partial charge in [0.15, 0.2) is 0 Å². The van der Waals surface area contributed by atoms with E-state index < -0.39 is 0 Å². The van der Waals surface area contributed by atoms with Crippen LogP contribution in [0.3, 0.4) is 0 Å². The Balaban J connectivity index is 1.55. The van der Waals surface area contributed by atoms with E-state index in [1.807, 2.05) is 6.07 Å². The largest absolute Gasteiger partial charge is 0.321 e. The van der Waals surface area contributed by atoms with Gasteiger partial charge >= 0.3 is 0 Å². The van der Waals surface area contributed by atoms with Crippen molar-refractivity contribution in [2.45, 2.75) is 6.42 Å². The van der Waals surface area contributed by atoms with Crippen LogP contribution in [0.2, 0.25) is 0 Å². The van der Waals surface area contributed by atoms with Gasteiger partial charge in [0.05, 0.1) is 12.1 Å². The van der Waals surface area contributed by atoms with Crippen LogP contribution in [0.5, 0.6) is 0 Å². The molecule has 0 saturated carbocycles. The number of nitrogens with zero attached hydrogens (tertiary/aromatic N) is 2. The minimum absolute atomic E-state index is 0.181. The second-order valence-electron chi connectivity index (χ2n) is 6.08. The number of carbonyl (C=O) groups is 3. The summed E-state index contributed by atoms with van der Waals surface area (Å²) in [7, 11) is 0. The van der Waals surface area contributed by atoms with Crippen LogP contribution in [0, 0.1) is 0 Å². The van der Waals surface area contributed by atoms with Crippen molar-refractivity contribution >= 4 is 29.1 Å². The number of benzene rings is 2. The number of anilines is 2. The van der Waals surface area contributed by atoms with E-state index >= 15 is 0 Å². The Kier molecular flexibility index (Phi) is 4.22. The summed E-state index contributed by atoms with van der Waals surface area (Å²) in [6.45, 7) is 0. The van der Waals surface area contributed by atoms with Crippen molar-refractivity contribution in [3.8, 4) is 0 Å². The van der Waals surface area contributed by atoms with Crippen molar-refractivity contribution < 1.29 is 14.4 Å². The van der Waals surface area contributed by atoms with Gasteiger partial charge in [-0.1, -0.05) is 24.3 Å². The summed E-state index contributed by atoms with van der Waals surface area (Å²) < 4.78 is 0. The van der Waals surface area contributed by atoms with Gasteiger partial charge < -0.3 is 5.32 Å². The van der Waals surface area contributed by atoms with E-state index in [0.29, 0.717) is 22.6 Å². The minimum Gasteiger partial charge on any atom is -0.321 e. The number of aromatic nitrogens is 1. The molecule has 0 atom stereocenters. The van der Waals surface area contributed by atoms with Gasteiger partial charge in [0.2, 0.25) is 5.91 Å². The smallest absolute Gasteiger partial charge is 0.274 e. The Morgan fingerprint density at radius 2 is 1.67 bits per heavy atom. The van der Waals surface area contributed by atoms with Crippen LogP contribution in [0.15, 0.2) is 72.9 Å². The molecule has 2 aromatic carbocycles. The van der Waals surface area contributed by atoms with Crippen molar-refractivity contribution in [2.24, 2.45) is 0 Å². The van der Waals surface area contributed by atoms with Crippen molar-refractivity contribution in [1.29, 1.82) is 0 Å². The van der Waals surface area contributed by atoms with Gasteiger partial charge in [-0.2, -0.15) is 0 Å². The molecule has 0 unspecified atom stereocenters. The Hall–Kier alpha value is -3.80. The zero-order chi connectivity index (χ0) is 18.8. The first kappa shape index (κ1) is 16.7. The lowest BCUT2D eigenvalue weighted by Crippen LogP contribution is -2.42. The molecule has 6 nitrogen and oxygen atoms in total. The van der Waals surface area contributed by atoms with Gasteiger partial charge in [-0.25, -0.2) is 4.90 Å². The molecule has 132 valence electrons. The molecule has 0 aliphatic carbocycles. The molecular weight excluding hydrogens is 342 g/mol. The molecule has 0 bridgehead atoms. The number of rotatable bonds is 3. The fourth-order valence-corrected chi connectivity index (χ4v) is 3.01. The lowest BCUT2D eigenvalue weighted by atomic mass is 9.98. The molecule has 6 heteroatoms. The van der Waals surface area contributed by atoms with Gasteiger partial charge in [-0.15, -0.1) is 0 Å². The number of carbonyl (C=O) groups excluding carboxylic acids is 3. The van der Waals surface area contributed by atoms with E-state index in [9.17, 15) is 14.4 Å². The zero-order valence-corrected chi connectivity index (χ0v) is 14.3. The van der Waals surface area contributed by atoms with E-state index in [4.69, 9.17) is 0 Å². The number of imide groups is 1. The summed E-state index contributed by atoms with van der Waals surface area (Å²) in [5, 5.41) is 2.74. The number of amides is 3. The first-order chi connectivity index (χ1) is 13.1. The summed E-state index contributed by atoms with van der Waals surface area (Å²) in [5.74, 6) is -0.946. The minimum atomic E-state index is -0.341. The Bertz CT molecular complexity index is 1030. The maximum Gasteiger partial charge on any atom is 0.274 e. The van der Waals surface area contributed by atoms with Crippen molar-refractivity contribution in [3.63, 3.8) is 0 Å². The van der Waals surface area contributed by atoms with Gasteiger partial charge in [-0.3, -0.25) is 19.4 Å². The van der Waals surface area contributed by atoms with Crippen LogP contribution in [0.4, 0.5) is 11.4 Å². The molecule has 1 aliphatic rings. The predicted molar refractivity (Wildman–Crippen MR) is 101 cm³/mol. The van der Waals surface area contributed by atoms with Crippen molar-refractivity contribution in [1.82, 2.24) is 4.98 Å². The predicted octanol–water partition coefficient (Wildman–Crippen LogP) is 3.06. The quantitative estimate of drug-likeness (QED) is 0.731. The van der Waals surface area contributed by atoms with E-state index in [0.717, 1.165) is 5.56 Å². The van der Waals surface area contributed by atoms with Crippen LogP contribution in [0.1, 0.15) is 26.4 Å². The average molecular weight is 357 g/mol. The van der Waals surface area contributed by atoms with E-state index in [2.05, 4.69) is 10.3 Å². The highest BCUT2D eigenvalue weighted by Crippen LogP contribution is 2.26. The van der Waals surface area contributed by atoms with Crippen LogP contribution in [-0.4, -0.2) is 22.7 Å². The number of hydrogen-bond acceptors (Lipinski definition) is 4. The van der Waals surface area contributed by atoms with Crippen LogP contribution in [-0.2, 0) is 11.2 Å². The third-order valence-corrected chi connectivity index (χ3v) is 4.32. The van der Waals surface area contributed by atoms with Crippen molar-refractivity contribution in [2.75, 3.05) is 10.2 Å².